The number of hydrogen-bond donors (Lipinski definition) is 1. The van der Waals surface area contributed by atoms with E-state index in [2.05, 4.69) is 5.32 Å². The summed E-state index contributed by atoms with van der Waals surface area (Å²) in [5, 5.41) is 2.24. The van der Waals surface area contributed by atoms with Gasteiger partial charge >= 0.3 is 0 Å². The first-order valence-corrected chi connectivity index (χ1v) is 3.45. The van der Waals surface area contributed by atoms with E-state index in [0.717, 1.165) is 6.42 Å². The quantitative estimate of drug-likeness (QED) is 0.583. The van der Waals surface area contributed by atoms with Gasteiger partial charge in [0.1, 0.15) is 0 Å². The van der Waals surface area contributed by atoms with Crippen LogP contribution in [0.2, 0.25) is 0 Å². The highest BCUT2D eigenvalue weighted by molar-refractivity contribution is 6.03. The van der Waals surface area contributed by atoms with Crippen LogP contribution in [0.4, 0.5) is 4.39 Å². The molecule has 0 bridgehead atoms. The van der Waals surface area contributed by atoms with Crippen molar-refractivity contribution in [2.75, 3.05) is 7.18 Å². The molecule has 2 amide bonds. The second-order valence-corrected chi connectivity index (χ2v) is 2.22. The molecule has 1 aliphatic heterocycles. The highest BCUT2D eigenvalue weighted by Crippen LogP contribution is 2.13. The zero-order valence-corrected chi connectivity index (χ0v) is 6.69. The zero-order valence-electron chi connectivity index (χ0n) is 6.69. The first kappa shape index (κ1) is 10.1. The molecule has 0 aromatic rings. The van der Waals surface area contributed by atoms with Crippen molar-refractivity contribution in [3.05, 3.63) is 0 Å². The van der Waals surface area contributed by atoms with E-state index >= 15 is 0 Å². The average molecular weight is 163 g/mol. The maximum absolute atomic E-state index is 10.7. The molecule has 11 heavy (non-hydrogen) atoms. The number of amides is 2. The Morgan fingerprint density at radius 3 is 2.36 bits per heavy atom. The summed E-state index contributed by atoms with van der Waals surface area (Å²) in [5.74, 6) is -0.299. The van der Waals surface area contributed by atoms with Crippen LogP contribution >= 0.6 is 0 Å². The Bertz CT molecular complexity index is 163. The fraction of sp³-hybridized carbons (Fsp3) is 0.714. The SMILES string of the molecule is CC[C@@H]1CC(=O)NC1=O.CF.[HH]. The first-order chi connectivity index (χ1) is 5.24. The fourth-order valence-electron chi connectivity index (χ4n) is 0.937. The Labute approximate surface area is 66.5 Å². The van der Waals surface area contributed by atoms with Gasteiger partial charge in [-0.1, -0.05) is 6.92 Å². The number of carbonyl (C=O) groups excluding carboxylic acids is 2. The minimum absolute atomic E-state index is 0. The van der Waals surface area contributed by atoms with Gasteiger partial charge in [-0.15, -0.1) is 0 Å². The van der Waals surface area contributed by atoms with Gasteiger partial charge in [-0.25, -0.2) is 0 Å². The molecule has 1 N–H and O–H groups in total. The Balaban J connectivity index is 0. The van der Waals surface area contributed by atoms with Gasteiger partial charge in [0, 0.05) is 13.8 Å². The minimum atomic E-state index is -0.133. The molecule has 0 spiro atoms. The molecular formula is C7H14FNO2. The summed E-state index contributed by atoms with van der Waals surface area (Å²) in [6, 6.07) is 0. The number of rotatable bonds is 1. The number of nitrogens with one attached hydrogen (secondary N) is 1. The lowest BCUT2D eigenvalue weighted by Gasteiger charge is -1.96. The van der Waals surface area contributed by atoms with Crippen molar-refractivity contribution in [3.63, 3.8) is 0 Å². The van der Waals surface area contributed by atoms with Gasteiger partial charge in [0.2, 0.25) is 11.8 Å². The van der Waals surface area contributed by atoms with Crippen molar-refractivity contribution in [1.29, 1.82) is 0 Å². The van der Waals surface area contributed by atoms with Crippen LogP contribution in [-0.4, -0.2) is 19.0 Å². The Morgan fingerprint density at radius 1 is 1.64 bits per heavy atom. The van der Waals surface area contributed by atoms with Crippen LogP contribution < -0.4 is 5.32 Å². The lowest BCUT2D eigenvalue weighted by atomic mass is 10.1. The Morgan fingerprint density at radius 2 is 2.18 bits per heavy atom. The molecule has 3 nitrogen and oxygen atoms in total. The van der Waals surface area contributed by atoms with E-state index in [9.17, 15) is 14.0 Å². The lowest BCUT2D eigenvalue weighted by molar-refractivity contribution is -0.125. The highest BCUT2D eigenvalue weighted by atomic mass is 19.1. The van der Waals surface area contributed by atoms with Crippen LogP contribution in [0, 0.1) is 5.92 Å². The highest BCUT2D eigenvalue weighted by Gasteiger charge is 2.28. The molecular weight excluding hydrogens is 149 g/mol. The molecule has 0 aliphatic carbocycles. The van der Waals surface area contributed by atoms with E-state index in [0.29, 0.717) is 13.6 Å². The summed E-state index contributed by atoms with van der Waals surface area (Å²) in [7, 11) is 0.500. The zero-order chi connectivity index (χ0) is 8.85. The molecule has 1 saturated heterocycles. The molecule has 0 aromatic carbocycles. The fourth-order valence-corrected chi connectivity index (χ4v) is 0.937. The summed E-state index contributed by atoms with van der Waals surface area (Å²) >= 11 is 0. The van der Waals surface area contributed by atoms with Gasteiger partial charge in [-0.2, -0.15) is 0 Å². The third kappa shape index (κ3) is 2.65. The molecule has 66 valence electrons. The maximum atomic E-state index is 10.7. The molecule has 0 radical (unpaired) electrons. The molecule has 1 heterocycles. The standard InChI is InChI=1S/C6H9NO2.CH3F.H2/c1-2-4-3-5(8)7-6(4)9;1-2;/h4H,2-3H2,1H3,(H,7,8,9);1H3;1H/t4-;;/m1../s1. The Kier molecular flexibility index (Phi) is 4.41. The van der Waals surface area contributed by atoms with Crippen LogP contribution in [-0.2, 0) is 9.59 Å². The second-order valence-electron chi connectivity index (χ2n) is 2.22. The average Bonchev–Trinajstić information content (AvgIpc) is 2.33. The summed E-state index contributed by atoms with van der Waals surface area (Å²) in [4.78, 5) is 21.2. The van der Waals surface area contributed by atoms with Crippen molar-refractivity contribution < 1.29 is 15.4 Å². The van der Waals surface area contributed by atoms with Gasteiger partial charge < -0.3 is 0 Å². The largest absolute Gasteiger partial charge is 0.296 e. The van der Waals surface area contributed by atoms with E-state index in [1.165, 1.54) is 0 Å². The van der Waals surface area contributed by atoms with Crippen LogP contribution in [0.25, 0.3) is 0 Å². The number of halogens is 1. The number of imide groups is 1. The van der Waals surface area contributed by atoms with Gasteiger partial charge in [-0.3, -0.25) is 19.3 Å². The molecule has 1 fully saturated rings. The number of carbonyl (C=O) groups is 2. The maximum Gasteiger partial charge on any atom is 0.230 e. The molecule has 1 rings (SSSR count). The number of hydrogen-bond acceptors (Lipinski definition) is 2. The molecule has 1 aliphatic rings. The summed E-state index contributed by atoms with van der Waals surface area (Å²) in [6.07, 6.45) is 1.15. The van der Waals surface area contributed by atoms with Crippen LogP contribution in [0.15, 0.2) is 0 Å². The first-order valence-electron chi connectivity index (χ1n) is 3.45. The summed E-state index contributed by atoms with van der Waals surface area (Å²) < 4.78 is 9.50. The van der Waals surface area contributed by atoms with Gasteiger partial charge in [-0.05, 0) is 6.42 Å². The monoisotopic (exact) mass is 163 g/mol. The topological polar surface area (TPSA) is 46.2 Å². The third-order valence-corrected chi connectivity index (χ3v) is 1.56. The van der Waals surface area contributed by atoms with E-state index in [4.69, 9.17) is 0 Å². The van der Waals surface area contributed by atoms with Crippen molar-refractivity contribution in [1.82, 2.24) is 5.32 Å². The molecule has 0 saturated carbocycles. The van der Waals surface area contributed by atoms with Crippen LogP contribution in [0.1, 0.15) is 21.2 Å². The molecule has 1 atom stereocenters. The third-order valence-electron chi connectivity index (χ3n) is 1.56. The minimum Gasteiger partial charge on any atom is -0.296 e. The van der Waals surface area contributed by atoms with Crippen molar-refractivity contribution in [3.8, 4) is 0 Å². The van der Waals surface area contributed by atoms with Crippen LogP contribution in [0.5, 0.6) is 0 Å². The van der Waals surface area contributed by atoms with Crippen molar-refractivity contribution in [2.45, 2.75) is 19.8 Å². The van der Waals surface area contributed by atoms with E-state index in [-0.39, 0.29) is 19.2 Å². The molecule has 0 aromatic heterocycles. The van der Waals surface area contributed by atoms with Crippen molar-refractivity contribution in [2.24, 2.45) is 5.92 Å². The predicted octanol–water partition coefficient (Wildman–Crippen LogP) is 0.891. The van der Waals surface area contributed by atoms with Gasteiger partial charge in [0.25, 0.3) is 0 Å². The number of alkyl halides is 1. The van der Waals surface area contributed by atoms with E-state index in [1.54, 1.807) is 0 Å². The Hall–Kier alpha value is -0.930. The molecule has 0 unspecified atom stereocenters. The summed E-state index contributed by atoms with van der Waals surface area (Å²) in [6.45, 7) is 1.91. The van der Waals surface area contributed by atoms with Crippen LogP contribution in [0.3, 0.4) is 0 Å². The van der Waals surface area contributed by atoms with E-state index < -0.39 is 0 Å². The normalized spacial score (nSPS) is 22.3. The smallest absolute Gasteiger partial charge is 0.230 e. The lowest BCUT2D eigenvalue weighted by Crippen LogP contribution is -2.21. The van der Waals surface area contributed by atoms with Crippen molar-refractivity contribution >= 4 is 11.8 Å². The molecule has 4 heteroatoms. The second kappa shape index (κ2) is 4.82. The summed E-state index contributed by atoms with van der Waals surface area (Å²) in [5.41, 5.74) is 0. The van der Waals surface area contributed by atoms with Gasteiger partial charge in [0.05, 0.1) is 7.18 Å². The predicted molar refractivity (Wildman–Crippen MR) is 40.7 cm³/mol. The van der Waals surface area contributed by atoms with E-state index in [1.807, 2.05) is 6.92 Å². The van der Waals surface area contributed by atoms with Gasteiger partial charge in [0.15, 0.2) is 0 Å².